The molecule has 0 amide bonds. The normalized spacial score (nSPS) is 10.7. The highest BCUT2D eigenvalue weighted by atomic mass is 16.5. The van der Waals surface area contributed by atoms with Crippen molar-refractivity contribution in [3.8, 4) is 22.9 Å². The molecule has 1 aromatic carbocycles. The van der Waals surface area contributed by atoms with Gasteiger partial charge < -0.3 is 14.8 Å². The highest BCUT2D eigenvalue weighted by Gasteiger charge is 2.11. The third-order valence-electron chi connectivity index (χ3n) is 2.64. The maximum atomic E-state index is 9.42. The van der Waals surface area contributed by atoms with Crippen LogP contribution in [0.2, 0.25) is 0 Å². The topological polar surface area (TPSA) is 83.9 Å². The van der Waals surface area contributed by atoms with E-state index in [2.05, 4.69) is 20.2 Å². The van der Waals surface area contributed by atoms with E-state index in [0.29, 0.717) is 11.6 Å². The van der Waals surface area contributed by atoms with Crippen LogP contribution < -0.4 is 4.74 Å². The minimum Gasteiger partial charge on any atom is -0.508 e. The van der Waals surface area contributed by atoms with E-state index < -0.39 is 0 Å². The summed E-state index contributed by atoms with van der Waals surface area (Å²) in [7, 11) is 1.55. The molecule has 18 heavy (non-hydrogen) atoms. The molecular formula is C12H10N4O2. The Morgan fingerprint density at radius 2 is 2.06 bits per heavy atom. The average Bonchev–Trinajstić information content (AvgIpc) is 2.82. The number of methoxy groups -OCH3 is 1. The Hall–Kier alpha value is -2.63. The van der Waals surface area contributed by atoms with E-state index in [0.717, 1.165) is 16.6 Å². The van der Waals surface area contributed by atoms with E-state index in [9.17, 15) is 5.11 Å². The van der Waals surface area contributed by atoms with Crippen LogP contribution >= 0.6 is 0 Å². The zero-order valence-corrected chi connectivity index (χ0v) is 9.58. The van der Waals surface area contributed by atoms with Gasteiger partial charge in [0.1, 0.15) is 22.8 Å². The third-order valence-corrected chi connectivity index (χ3v) is 2.64. The molecule has 0 bridgehead atoms. The molecule has 0 atom stereocenters. The van der Waals surface area contributed by atoms with Gasteiger partial charge in [-0.15, -0.1) is 0 Å². The summed E-state index contributed by atoms with van der Waals surface area (Å²) in [5.41, 5.74) is 2.30. The molecule has 90 valence electrons. The van der Waals surface area contributed by atoms with Crippen LogP contribution in [0.5, 0.6) is 11.5 Å². The predicted octanol–water partition coefficient (Wildman–Crippen LogP) is 1.73. The summed E-state index contributed by atoms with van der Waals surface area (Å²) in [5.74, 6) is 1.35. The molecule has 6 heteroatoms. The number of aromatic amines is 1. The van der Waals surface area contributed by atoms with Crippen molar-refractivity contribution in [1.82, 2.24) is 20.2 Å². The van der Waals surface area contributed by atoms with Gasteiger partial charge in [-0.2, -0.15) is 10.2 Å². The van der Waals surface area contributed by atoms with Crippen LogP contribution in [0.25, 0.3) is 22.4 Å². The van der Waals surface area contributed by atoms with Gasteiger partial charge in [0, 0.05) is 6.07 Å². The van der Waals surface area contributed by atoms with Gasteiger partial charge in [0.2, 0.25) is 0 Å². The molecule has 0 aliphatic heterocycles. The van der Waals surface area contributed by atoms with Crippen molar-refractivity contribution >= 4 is 11.0 Å². The van der Waals surface area contributed by atoms with Gasteiger partial charge in [0.25, 0.3) is 0 Å². The van der Waals surface area contributed by atoms with Crippen LogP contribution in [0, 0.1) is 0 Å². The summed E-state index contributed by atoms with van der Waals surface area (Å²) in [6.45, 7) is 0. The van der Waals surface area contributed by atoms with Crippen molar-refractivity contribution in [1.29, 1.82) is 0 Å². The highest BCUT2D eigenvalue weighted by molar-refractivity contribution is 5.79. The van der Waals surface area contributed by atoms with Gasteiger partial charge in [-0.05, 0) is 12.1 Å². The first-order valence-electron chi connectivity index (χ1n) is 5.31. The monoisotopic (exact) mass is 242 g/mol. The lowest BCUT2D eigenvalue weighted by Gasteiger charge is -2.06. The van der Waals surface area contributed by atoms with Gasteiger partial charge >= 0.3 is 0 Å². The Morgan fingerprint density at radius 1 is 1.22 bits per heavy atom. The fourth-order valence-corrected chi connectivity index (χ4v) is 1.78. The molecule has 0 saturated heterocycles. The van der Waals surface area contributed by atoms with Gasteiger partial charge in [0.15, 0.2) is 0 Å². The first-order valence-corrected chi connectivity index (χ1v) is 5.31. The first kappa shape index (κ1) is 10.5. The van der Waals surface area contributed by atoms with Crippen LogP contribution in [0.15, 0.2) is 30.6 Å². The van der Waals surface area contributed by atoms with Gasteiger partial charge in [-0.3, -0.25) is 0 Å². The summed E-state index contributed by atoms with van der Waals surface area (Å²) in [4.78, 5) is 7.53. The number of nitrogens with one attached hydrogen (secondary N) is 1. The second kappa shape index (κ2) is 3.99. The SMILES string of the molecule is COc1cc(O)ccc1-c1nc2cnncc2[nH]1. The van der Waals surface area contributed by atoms with Crippen LogP contribution in [0.1, 0.15) is 0 Å². The summed E-state index contributed by atoms with van der Waals surface area (Å²) in [6, 6.07) is 4.87. The van der Waals surface area contributed by atoms with Crippen LogP contribution in [0.3, 0.4) is 0 Å². The number of imidazole rings is 1. The fourth-order valence-electron chi connectivity index (χ4n) is 1.78. The molecule has 2 aromatic heterocycles. The quantitative estimate of drug-likeness (QED) is 0.715. The summed E-state index contributed by atoms with van der Waals surface area (Å²) in [5, 5.41) is 17.0. The zero-order chi connectivity index (χ0) is 12.5. The minimum atomic E-state index is 0.148. The predicted molar refractivity (Wildman–Crippen MR) is 65.3 cm³/mol. The number of aromatic hydroxyl groups is 1. The number of fused-ring (bicyclic) bond motifs is 1. The number of ether oxygens (including phenoxy) is 1. The number of phenolic OH excluding ortho intramolecular Hbond substituents is 1. The van der Waals surface area contributed by atoms with Crippen LogP contribution in [0.4, 0.5) is 0 Å². The molecule has 0 saturated carbocycles. The minimum absolute atomic E-state index is 0.148. The number of rotatable bonds is 2. The van der Waals surface area contributed by atoms with Crippen molar-refractivity contribution < 1.29 is 9.84 Å². The van der Waals surface area contributed by atoms with Crippen molar-refractivity contribution in [3.05, 3.63) is 30.6 Å². The zero-order valence-electron chi connectivity index (χ0n) is 9.58. The number of H-pyrrole nitrogens is 1. The first-order chi connectivity index (χ1) is 8.78. The lowest BCUT2D eigenvalue weighted by molar-refractivity contribution is 0.409. The molecule has 0 aliphatic rings. The van der Waals surface area contributed by atoms with E-state index in [1.54, 1.807) is 37.7 Å². The number of hydrogen-bond acceptors (Lipinski definition) is 5. The maximum absolute atomic E-state index is 9.42. The molecule has 0 spiro atoms. The lowest BCUT2D eigenvalue weighted by atomic mass is 10.2. The molecular weight excluding hydrogens is 232 g/mol. The average molecular weight is 242 g/mol. The molecule has 3 aromatic rings. The standard InChI is InChI=1S/C12H10N4O2/c1-18-11-4-7(17)2-3-8(11)12-15-9-5-13-14-6-10(9)16-12/h2-6,17H,1H3,(H,15,16). The number of nitrogens with zero attached hydrogens (tertiary/aromatic N) is 3. The summed E-state index contributed by atoms with van der Waals surface area (Å²) >= 11 is 0. The van der Waals surface area contributed by atoms with Gasteiger partial charge in [0.05, 0.1) is 30.6 Å². The van der Waals surface area contributed by atoms with Crippen molar-refractivity contribution in [2.45, 2.75) is 0 Å². The van der Waals surface area contributed by atoms with E-state index in [1.165, 1.54) is 0 Å². The Labute approximate surface area is 102 Å². The number of hydrogen-bond donors (Lipinski definition) is 2. The van der Waals surface area contributed by atoms with Gasteiger partial charge in [-0.1, -0.05) is 0 Å². The van der Waals surface area contributed by atoms with E-state index >= 15 is 0 Å². The Balaban J connectivity index is 2.19. The highest BCUT2D eigenvalue weighted by Crippen LogP contribution is 2.31. The molecule has 2 N–H and O–H groups in total. The van der Waals surface area contributed by atoms with Crippen molar-refractivity contribution in [2.24, 2.45) is 0 Å². The second-order valence-electron chi connectivity index (χ2n) is 3.76. The molecule has 3 rings (SSSR count). The summed E-state index contributed by atoms with van der Waals surface area (Å²) in [6.07, 6.45) is 3.20. The molecule has 6 nitrogen and oxygen atoms in total. The smallest absolute Gasteiger partial charge is 0.142 e. The number of benzene rings is 1. The molecule has 0 radical (unpaired) electrons. The lowest BCUT2D eigenvalue weighted by Crippen LogP contribution is -1.88. The Bertz CT molecular complexity index is 675. The second-order valence-corrected chi connectivity index (χ2v) is 3.76. The molecule has 2 heterocycles. The van der Waals surface area contributed by atoms with Crippen molar-refractivity contribution in [3.63, 3.8) is 0 Å². The molecule has 0 unspecified atom stereocenters. The maximum Gasteiger partial charge on any atom is 0.142 e. The van der Waals surface area contributed by atoms with Crippen molar-refractivity contribution in [2.75, 3.05) is 7.11 Å². The summed E-state index contributed by atoms with van der Waals surface area (Å²) < 4.78 is 5.23. The fraction of sp³-hybridized carbons (Fsp3) is 0.0833. The third kappa shape index (κ3) is 1.64. The largest absolute Gasteiger partial charge is 0.508 e. The van der Waals surface area contributed by atoms with Crippen LogP contribution in [-0.2, 0) is 0 Å². The Kier molecular flexibility index (Phi) is 2.33. The van der Waals surface area contributed by atoms with E-state index in [4.69, 9.17) is 4.74 Å². The van der Waals surface area contributed by atoms with E-state index in [1.807, 2.05) is 0 Å². The number of aromatic nitrogens is 4. The van der Waals surface area contributed by atoms with Crippen LogP contribution in [-0.4, -0.2) is 32.4 Å². The molecule has 0 fully saturated rings. The van der Waals surface area contributed by atoms with E-state index in [-0.39, 0.29) is 5.75 Å². The van der Waals surface area contributed by atoms with Gasteiger partial charge in [-0.25, -0.2) is 4.98 Å². The number of phenols is 1. The molecule has 0 aliphatic carbocycles. The Morgan fingerprint density at radius 3 is 2.83 bits per heavy atom.